The van der Waals surface area contributed by atoms with E-state index in [1.54, 1.807) is 0 Å². The van der Waals surface area contributed by atoms with E-state index < -0.39 is 0 Å². The molecule has 0 spiro atoms. The van der Waals surface area contributed by atoms with Gasteiger partial charge in [-0.3, -0.25) is 4.99 Å². The molecule has 1 aromatic heterocycles. The predicted octanol–water partition coefficient (Wildman–Crippen LogP) is 2.04. The van der Waals surface area contributed by atoms with Crippen LogP contribution in [0.5, 0.6) is 0 Å². The molecule has 2 heterocycles. The Kier molecular flexibility index (Phi) is 4.87. The van der Waals surface area contributed by atoms with Gasteiger partial charge in [-0.1, -0.05) is 19.8 Å². The van der Waals surface area contributed by atoms with E-state index in [9.17, 15) is 0 Å². The summed E-state index contributed by atoms with van der Waals surface area (Å²) in [6, 6.07) is 0.371. The van der Waals surface area contributed by atoms with Gasteiger partial charge in [-0.15, -0.1) is 0 Å². The summed E-state index contributed by atoms with van der Waals surface area (Å²) in [6.07, 6.45) is 8.75. The molecule has 0 saturated heterocycles. The molecule has 1 fully saturated rings. The highest BCUT2D eigenvalue weighted by Crippen LogP contribution is 2.40. The maximum absolute atomic E-state index is 4.47. The molecule has 0 amide bonds. The summed E-state index contributed by atoms with van der Waals surface area (Å²) >= 11 is 0. The van der Waals surface area contributed by atoms with Gasteiger partial charge in [-0.25, -0.2) is 9.67 Å². The number of aryl methyl sites for hydroxylation is 2. The SMILES string of the molecule is CCC1(CNC(=NC)NC2CCc3nc(C)nn3C2)CCCC1. The normalized spacial score (nSPS) is 23.6. The topological polar surface area (TPSA) is 67.1 Å². The van der Waals surface area contributed by atoms with E-state index in [0.29, 0.717) is 11.5 Å². The largest absolute Gasteiger partial charge is 0.356 e. The predicted molar refractivity (Wildman–Crippen MR) is 92.6 cm³/mol. The van der Waals surface area contributed by atoms with Gasteiger partial charge in [-0.05, 0) is 38.0 Å². The molecule has 1 atom stereocenters. The molecule has 1 aromatic rings. The molecule has 128 valence electrons. The van der Waals surface area contributed by atoms with Crippen molar-refractivity contribution in [2.45, 2.75) is 71.4 Å². The van der Waals surface area contributed by atoms with E-state index in [0.717, 1.165) is 43.5 Å². The third-order valence-electron chi connectivity index (χ3n) is 5.57. The number of aliphatic imine (C=N–C) groups is 1. The molecule has 3 rings (SSSR count). The van der Waals surface area contributed by atoms with Crippen molar-refractivity contribution in [3.8, 4) is 0 Å². The molecule has 1 unspecified atom stereocenters. The van der Waals surface area contributed by atoms with Crippen LogP contribution in [0.1, 0.15) is 57.1 Å². The van der Waals surface area contributed by atoms with Crippen LogP contribution in [-0.4, -0.2) is 40.4 Å². The number of hydrogen-bond acceptors (Lipinski definition) is 3. The zero-order valence-corrected chi connectivity index (χ0v) is 14.7. The summed E-state index contributed by atoms with van der Waals surface area (Å²) in [5.74, 6) is 2.91. The summed E-state index contributed by atoms with van der Waals surface area (Å²) < 4.78 is 2.04. The Morgan fingerprint density at radius 2 is 2.17 bits per heavy atom. The van der Waals surface area contributed by atoms with Gasteiger partial charge >= 0.3 is 0 Å². The number of aromatic nitrogens is 3. The molecule has 2 aliphatic rings. The minimum Gasteiger partial charge on any atom is -0.356 e. The van der Waals surface area contributed by atoms with Crippen LogP contribution in [-0.2, 0) is 13.0 Å². The number of fused-ring (bicyclic) bond motifs is 1. The zero-order chi connectivity index (χ0) is 16.3. The third kappa shape index (κ3) is 3.67. The third-order valence-corrected chi connectivity index (χ3v) is 5.57. The van der Waals surface area contributed by atoms with E-state index in [-0.39, 0.29) is 0 Å². The Hall–Kier alpha value is -1.59. The summed E-state index contributed by atoms with van der Waals surface area (Å²) in [5, 5.41) is 11.6. The van der Waals surface area contributed by atoms with Crippen LogP contribution >= 0.6 is 0 Å². The number of nitrogens with one attached hydrogen (secondary N) is 2. The Morgan fingerprint density at radius 3 is 2.87 bits per heavy atom. The van der Waals surface area contributed by atoms with Gasteiger partial charge in [0.25, 0.3) is 0 Å². The van der Waals surface area contributed by atoms with Crippen molar-refractivity contribution in [3.05, 3.63) is 11.6 Å². The molecule has 0 aromatic carbocycles. The van der Waals surface area contributed by atoms with Crippen LogP contribution in [0.15, 0.2) is 4.99 Å². The minimum atomic E-state index is 0.371. The maximum Gasteiger partial charge on any atom is 0.191 e. The smallest absolute Gasteiger partial charge is 0.191 e. The van der Waals surface area contributed by atoms with Crippen LogP contribution in [0.4, 0.5) is 0 Å². The van der Waals surface area contributed by atoms with Gasteiger partial charge in [-0.2, -0.15) is 5.10 Å². The summed E-state index contributed by atoms with van der Waals surface area (Å²) in [6.45, 7) is 6.18. The number of nitrogens with zero attached hydrogens (tertiary/aromatic N) is 4. The molecule has 0 radical (unpaired) electrons. The number of guanidine groups is 1. The van der Waals surface area contributed by atoms with Crippen LogP contribution in [0.25, 0.3) is 0 Å². The van der Waals surface area contributed by atoms with E-state index in [4.69, 9.17) is 0 Å². The average Bonchev–Trinajstić information content (AvgIpc) is 3.17. The van der Waals surface area contributed by atoms with Crippen molar-refractivity contribution >= 4 is 5.96 Å². The molecular weight excluding hydrogens is 288 g/mol. The molecule has 1 aliphatic heterocycles. The molecule has 1 saturated carbocycles. The standard InChI is InChI=1S/C17H30N6/c1-4-17(9-5-6-10-17)12-19-16(18-3)21-14-7-8-15-20-13(2)22-23(15)11-14/h14H,4-12H2,1-3H3,(H2,18,19,21). The fraction of sp³-hybridized carbons (Fsp3) is 0.824. The van der Waals surface area contributed by atoms with Crippen molar-refractivity contribution in [1.29, 1.82) is 0 Å². The molecule has 1 aliphatic carbocycles. The fourth-order valence-corrected chi connectivity index (χ4v) is 3.99. The highest BCUT2D eigenvalue weighted by molar-refractivity contribution is 5.80. The first-order chi connectivity index (χ1) is 11.1. The molecule has 6 nitrogen and oxygen atoms in total. The van der Waals surface area contributed by atoms with Crippen molar-refractivity contribution in [2.24, 2.45) is 10.4 Å². The van der Waals surface area contributed by atoms with Gasteiger partial charge in [0, 0.05) is 26.1 Å². The van der Waals surface area contributed by atoms with Crippen LogP contribution < -0.4 is 10.6 Å². The van der Waals surface area contributed by atoms with Crippen molar-refractivity contribution < 1.29 is 0 Å². The number of hydrogen-bond donors (Lipinski definition) is 2. The van der Waals surface area contributed by atoms with E-state index in [2.05, 4.69) is 32.6 Å². The fourth-order valence-electron chi connectivity index (χ4n) is 3.99. The Balaban J connectivity index is 1.54. The first-order valence-electron chi connectivity index (χ1n) is 9.02. The van der Waals surface area contributed by atoms with Crippen LogP contribution in [0.2, 0.25) is 0 Å². The van der Waals surface area contributed by atoms with Crippen molar-refractivity contribution in [3.63, 3.8) is 0 Å². The average molecular weight is 318 g/mol. The number of rotatable bonds is 4. The first kappa shape index (κ1) is 16.3. The second-order valence-electron chi connectivity index (χ2n) is 7.12. The summed E-state index contributed by atoms with van der Waals surface area (Å²) in [5.41, 5.74) is 0.473. The molecule has 6 heteroatoms. The highest BCUT2D eigenvalue weighted by Gasteiger charge is 2.32. The molecule has 23 heavy (non-hydrogen) atoms. The first-order valence-corrected chi connectivity index (χ1v) is 9.02. The van der Waals surface area contributed by atoms with Gasteiger partial charge in [0.15, 0.2) is 5.96 Å². The monoisotopic (exact) mass is 318 g/mol. The minimum absolute atomic E-state index is 0.371. The lowest BCUT2D eigenvalue weighted by atomic mass is 9.83. The van der Waals surface area contributed by atoms with Crippen LogP contribution in [0.3, 0.4) is 0 Å². The second kappa shape index (κ2) is 6.89. The molecule has 0 bridgehead atoms. The lowest BCUT2D eigenvalue weighted by molar-refractivity contribution is 0.282. The quantitative estimate of drug-likeness (QED) is 0.658. The Labute approximate surface area is 139 Å². The second-order valence-corrected chi connectivity index (χ2v) is 7.12. The maximum atomic E-state index is 4.47. The molecular formula is C17H30N6. The van der Waals surface area contributed by atoms with E-state index in [1.807, 2.05) is 18.7 Å². The van der Waals surface area contributed by atoms with Gasteiger partial charge < -0.3 is 10.6 Å². The van der Waals surface area contributed by atoms with Crippen molar-refractivity contribution in [2.75, 3.05) is 13.6 Å². The zero-order valence-electron chi connectivity index (χ0n) is 14.7. The Morgan fingerprint density at radius 1 is 1.39 bits per heavy atom. The van der Waals surface area contributed by atoms with E-state index in [1.165, 1.54) is 32.1 Å². The van der Waals surface area contributed by atoms with E-state index >= 15 is 0 Å². The Bertz CT molecular complexity index is 555. The highest BCUT2D eigenvalue weighted by atomic mass is 15.4. The summed E-state index contributed by atoms with van der Waals surface area (Å²) in [4.78, 5) is 8.89. The molecule has 2 N–H and O–H groups in total. The van der Waals surface area contributed by atoms with Crippen LogP contribution in [0, 0.1) is 12.3 Å². The van der Waals surface area contributed by atoms with Gasteiger partial charge in [0.2, 0.25) is 0 Å². The lowest BCUT2D eigenvalue weighted by Crippen LogP contribution is -2.49. The van der Waals surface area contributed by atoms with Gasteiger partial charge in [0.05, 0.1) is 6.54 Å². The lowest BCUT2D eigenvalue weighted by Gasteiger charge is -2.30. The van der Waals surface area contributed by atoms with Gasteiger partial charge in [0.1, 0.15) is 11.6 Å². The summed E-state index contributed by atoms with van der Waals surface area (Å²) in [7, 11) is 1.86. The van der Waals surface area contributed by atoms with Crippen molar-refractivity contribution in [1.82, 2.24) is 25.4 Å².